The van der Waals surface area contributed by atoms with Crippen LogP contribution in [0.4, 0.5) is 0 Å². The molecule has 2 N–H and O–H groups in total. The van der Waals surface area contributed by atoms with Gasteiger partial charge in [0, 0.05) is 22.9 Å². The number of H-pyrrole nitrogens is 1. The third kappa shape index (κ3) is 3.94. The first-order valence-corrected chi connectivity index (χ1v) is 8.10. The Bertz CT molecular complexity index is 723. The molecule has 0 atom stereocenters. The van der Waals surface area contributed by atoms with Crippen LogP contribution in [0.15, 0.2) is 30.5 Å². The number of phenols is 1. The SMILES string of the molecule is CC(C)(C)c1cc(C(=O)/C=C/c2ccn[nH]2)cc(C(C)(C)C)c1O. The van der Waals surface area contributed by atoms with Crippen LogP contribution in [0.2, 0.25) is 0 Å². The molecule has 0 aliphatic rings. The predicted octanol–water partition coefficient (Wildman–Crippen LogP) is 4.61. The highest BCUT2D eigenvalue weighted by atomic mass is 16.3. The van der Waals surface area contributed by atoms with E-state index in [9.17, 15) is 9.90 Å². The molecule has 24 heavy (non-hydrogen) atoms. The van der Waals surface area contributed by atoms with E-state index in [0.717, 1.165) is 16.8 Å². The number of carbonyl (C=O) groups is 1. The summed E-state index contributed by atoms with van der Waals surface area (Å²) >= 11 is 0. The summed E-state index contributed by atoms with van der Waals surface area (Å²) in [5.74, 6) is 0.185. The van der Waals surface area contributed by atoms with E-state index < -0.39 is 0 Å². The summed E-state index contributed by atoms with van der Waals surface area (Å²) < 4.78 is 0. The van der Waals surface area contributed by atoms with Crippen molar-refractivity contribution in [3.05, 3.63) is 52.9 Å². The number of allylic oxidation sites excluding steroid dienone is 1. The topological polar surface area (TPSA) is 66.0 Å². The van der Waals surface area contributed by atoms with Gasteiger partial charge in [-0.15, -0.1) is 0 Å². The first kappa shape index (κ1) is 18.0. The van der Waals surface area contributed by atoms with Crippen molar-refractivity contribution in [2.45, 2.75) is 52.4 Å². The fourth-order valence-corrected chi connectivity index (χ4v) is 2.54. The lowest BCUT2D eigenvalue weighted by atomic mass is 9.78. The zero-order valence-electron chi connectivity index (χ0n) is 15.3. The fourth-order valence-electron chi connectivity index (χ4n) is 2.54. The van der Waals surface area contributed by atoms with Gasteiger partial charge < -0.3 is 5.11 Å². The molecule has 0 spiro atoms. The first-order valence-electron chi connectivity index (χ1n) is 8.10. The molecule has 0 saturated heterocycles. The number of aromatic amines is 1. The van der Waals surface area contributed by atoms with E-state index in [4.69, 9.17) is 0 Å². The standard InChI is InChI=1S/C20H26N2O2/c1-19(2,3)15-11-13(12-16(18(15)24)20(4,5)6)17(23)8-7-14-9-10-21-22-14/h7-12,24H,1-6H3,(H,21,22)/b8-7+. The molecule has 4 nitrogen and oxygen atoms in total. The number of nitrogens with one attached hydrogen (secondary N) is 1. The summed E-state index contributed by atoms with van der Waals surface area (Å²) in [6, 6.07) is 5.39. The van der Waals surface area contributed by atoms with E-state index >= 15 is 0 Å². The molecule has 1 aromatic heterocycles. The Hall–Kier alpha value is -2.36. The van der Waals surface area contributed by atoms with Crippen molar-refractivity contribution in [3.8, 4) is 5.75 Å². The second-order valence-electron chi connectivity index (χ2n) is 8.13. The van der Waals surface area contributed by atoms with Gasteiger partial charge in [-0.3, -0.25) is 9.89 Å². The summed E-state index contributed by atoms with van der Waals surface area (Å²) in [7, 11) is 0. The Balaban J connectivity index is 2.52. The van der Waals surface area contributed by atoms with Crippen LogP contribution in [0.25, 0.3) is 6.08 Å². The fraction of sp³-hybridized carbons (Fsp3) is 0.400. The molecular formula is C20H26N2O2. The second-order valence-corrected chi connectivity index (χ2v) is 8.13. The van der Waals surface area contributed by atoms with E-state index in [-0.39, 0.29) is 22.4 Å². The normalized spacial score (nSPS) is 12.8. The average molecular weight is 326 g/mol. The molecule has 0 saturated carbocycles. The molecule has 0 fully saturated rings. The van der Waals surface area contributed by atoms with Crippen molar-refractivity contribution in [3.63, 3.8) is 0 Å². The van der Waals surface area contributed by atoms with Crippen molar-refractivity contribution in [1.82, 2.24) is 10.2 Å². The van der Waals surface area contributed by atoms with Crippen LogP contribution in [0.5, 0.6) is 5.75 Å². The van der Waals surface area contributed by atoms with Crippen LogP contribution in [0.1, 0.15) is 68.7 Å². The molecule has 0 unspecified atom stereocenters. The zero-order chi connectivity index (χ0) is 18.1. The Labute approximate surface area is 143 Å². The van der Waals surface area contributed by atoms with Gasteiger partial charge >= 0.3 is 0 Å². The Morgan fingerprint density at radius 3 is 2.04 bits per heavy atom. The molecule has 2 aromatic rings. The minimum Gasteiger partial charge on any atom is -0.507 e. The van der Waals surface area contributed by atoms with E-state index in [1.807, 2.05) is 41.5 Å². The van der Waals surface area contributed by atoms with Gasteiger partial charge in [-0.05, 0) is 41.2 Å². The maximum absolute atomic E-state index is 12.6. The number of ketones is 1. The van der Waals surface area contributed by atoms with Gasteiger partial charge in [-0.1, -0.05) is 41.5 Å². The highest BCUT2D eigenvalue weighted by molar-refractivity contribution is 6.07. The third-order valence-corrected chi connectivity index (χ3v) is 3.95. The molecule has 128 valence electrons. The second kappa shape index (κ2) is 6.27. The van der Waals surface area contributed by atoms with Crippen molar-refractivity contribution >= 4 is 11.9 Å². The number of nitrogens with zero attached hydrogens (tertiary/aromatic N) is 1. The van der Waals surface area contributed by atoms with E-state index in [2.05, 4.69) is 10.2 Å². The zero-order valence-corrected chi connectivity index (χ0v) is 15.3. The van der Waals surface area contributed by atoms with Crippen molar-refractivity contribution in [2.24, 2.45) is 0 Å². The average Bonchev–Trinajstić information content (AvgIpc) is 2.95. The molecule has 0 aliphatic heterocycles. The Kier molecular flexibility index (Phi) is 4.70. The van der Waals surface area contributed by atoms with Crippen LogP contribution in [-0.2, 0) is 10.8 Å². The lowest BCUT2D eigenvalue weighted by Crippen LogP contribution is -2.18. The lowest BCUT2D eigenvalue weighted by molar-refractivity contribution is 0.104. The number of aromatic hydroxyl groups is 1. The van der Waals surface area contributed by atoms with Crippen LogP contribution >= 0.6 is 0 Å². The summed E-state index contributed by atoms with van der Waals surface area (Å²) in [4.78, 5) is 12.6. The molecule has 0 bridgehead atoms. The third-order valence-electron chi connectivity index (χ3n) is 3.95. The van der Waals surface area contributed by atoms with Gasteiger partial charge in [-0.2, -0.15) is 5.10 Å². The quantitative estimate of drug-likeness (QED) is 0.639. The number of hydrogen-bond donors (Lipinski definition) is 2. The van der Waals surface area contributed by atoms with Gasteiger partial charge in [-0.25, -0.2) is 0 Å². The molecule has 1 heterocycles. The van der Waals surface area contributed by atoms with Gasteiger partial charge in [0.15, 0.2) is 5.78 Å². The summed E-state index contributed by atoms with van der Waals surface area (Å²) in [5.41, 5.74) is 2.41. The number of aromatic nitrogens is 2. The van der Waals surface area contributed by atoms with Crippen molar-refractivity contribution < 1.29 is 9.90 Å². The number of hydrogen-bond acceptors (Lipinski definition) is 3. The molecule has 2 rings (SSSR count). The summed E-state index contributed by atoms with van der Waals surface area (Å²) in [5, 5.41) is 17.4. The van der Waals surface area contributed by atoms with Gasteiger partial charge in [0.2, 0.25) is 0 Å². The molecule has 1 aromatic carbocycles. The van der Waals surface area contributed by atoms with Crippen molar-refractivity contribution in [1.29, 1.82) is 0 Å². The maximum atomic E-state index is 12.6. The van der Waals surface area contributed by atoms with Crippen molar-refractivity contribution in [2.75, 3.05) is 0 Å². The minimum absolute atomic E-state index is 0.0967. The Morgan fingerprint density at radius 2 is 1.62 bits per heavy atom. The maximum Gasteiger partial charge on any atom is 0.185 e. The largest absolute Gasteiger partial charge is 0.507 e. The van der Waals surface area contributed by atoms with Crippen LogP contribution in [0, 0.1) is 0 Å². The smallest absolute Gasteiger partial charge is 0.185 e. The molecule has 0 radical (unpaired) electrons. The Morgan fingerprint density at radius 1 is 1.08 bits per heavy atom. The lowest BCUT2D eigenvalue weighted by Gasteiger charge is -2.27. The highest BCUT2D eigenvalue weighted by Crippen LogP contribution is 2.39. The van der Waals surface area contributed by atoms with Gasteiger partial charge in [0.05, 0.1) is 5.69 Å². The molecule has 4 heteroatoms. The van der Waals surface area contributed by atoms with Gasteiger partial charge in [0.25, 0.3) is 0 Å². The highest BCUT2D eigenvalue weighted by Gasteiger charge is 2.27. The number of carbonyl (C=O) groups excluding carboxylic acids is 1. The number of benzene rings is 1. The van der Waals surface area contributed by atoms with Crippen LogP contribution in [0.3, 0.4) is 0 Å². The molecule has 0 amide bonds. The first-order chi connectivity index (χ1) is 11.0. The van der Waals surface area contributed by atoms with Crippen LogP contribution < -0.4 is 0 Å². The summed E-state index contributed by atoms with van der Waals surface area (Å²) in [6.07, 6.45) is 4.87. The summed E-state index contributed by atoms with van der Waals surface area (Å²) in [6.45, 7) is 12.2. The van der Waals surface area contributed by atoms with E-state index in [1.54, 1.807) is 30.5 Å². The van der Waals surface area contributed by atoms with Crippen LogP contribution in [-0.4, -0.2) is 21.1 Å². The number of phenolic OH excluding ortho intramolecular Hbond substituents is 1. The van der Waals surface area contributed by atoms with E-state index in [0.29, 0.717) is 5.56 Å². The monoisotopic (exact) mass is 326 g/mol. The number of rotatable bonds is 3. The van der Waals surface area contributed by atoms with Gasteiger partial charge in [0.1, 0.15) is 5.75 Å². The minimum atomic E-state index is -0.256. The van der Waals surface area contributed by atoms with E-state index in [1.165, 1.54) is 6.08 Å². The molecular weight excluding hydrogens is 300 g/mol. The predicted molar refractivity (Wildman–Crippen MR) is 97.5 cm³/mol. The molecule has 0 aliphatic carbocycles.